The Morgan fingerprint density at radius 3 is 2.67 bits per heavy atom. The van der Waals surface area contributed by atoms with Gasteiger partial charge >= 0.3 is 0 Å². The monoisotopic (exact) mass is 504 g/mol. The number of aryl methyl sites for hydroxylation is 1. The topological polar surface area (TPSA) is 65.5 Å². The van der Waals surface area contributed by atoms with E-state index in [1.54, 1.807) is 11.8 Å². The second-order valence-corrected chi connectivity index (χ2v) is 7.58. The van der Waals surface area contributed by atoms with E-state index in [-0.39, 0.29) is 29.9 Å². The lowest BCUT2D eigenvalue weighted by Gasteiger charge is -2.14. The third-order valence-electron chi connectivity index (χ3n) is 4.56. The second kappa shape index (κ2) is 13.3. The number of hydrogen-bond acceptors (Lipinski definition) is 3. The van der Waals surface area contributed by atoms with Gasteiger partial charge in [0.2, 0.25) is 5.91 Å². The quantitative estimate of drug-likeness (QED) is 0.218. The molecule has 1 aliphatic carbocycles. The normalized spacial score (nSPS) is 14.6. The average Bonchev–Trinajstić information content (AvgIpc) is 3.13. The summed E-state index contributed by atoms with van der Waals surface area (Å²) < 4.78 is 0. The van der Waals surface area contributed by atoms with Gasteiger partial charge in [0.15, 0.2) is 5.96 Å². The van der Waals surface area contributed by atoms with Crippen molar-refractivity contribution in [3.8, 4) is 0 Å². The number of nitrogens with zero attached hydrogens (tertiary/aromatic N) is 1. The highest BCUT2D eigenvalue weighted by Crippen LogP contribution is 2.22. The molecule has 2 rings (SSSR count). The zero-order valence-corrected chi connectivity index (χ0v) is 19.8. The van der Waals surface area contributed by atoms with E-state index in [0.29, 0.717) is 25.6 Å². The fraction of sp³-hybridized carbons (Fsp3) is 0.600. The zero-order valence-electron chi connectivity index (χ0n) is 16.6. The van der Waals surface area contributed by atoms with Crippen LogP contribution in [0.15, 0.2) is 28.1 Å². The molecule has 1 saturated carbocycles. The van der Waals surface area contributed by atoms with E-state index in [0.717, 1.165) is 25.3 Å². The predicted octanol–water partition coefficient (Wildman–Crippen LogP) is 3.84. The molecule has 0 radical (unpaired) electrons. The molecule has 0 aromatic heterocycles. The van der Waals surface area contributed by atoms with Crippen molar-refractivity contribution in [2.75, 3.05) is 19.3 Å². The Bertz CT molecular complexity index is 618. The SMILES string of the molecule is CCNC(=NCc1ccc(C)cc1SC)NCCC(=O)NC1CCCC1.I. The fourth-order valence-corrected chi connectivity index (χ4v) is 3.85. The molecule has 0 unspecified atom stereocenters. The molecule has 0 bridgehead atoms. The molecule has 0 saturated heterocycles. The highest BCUT2D eigenvalue weighted by atomic mass is 127. The van der Waals surface area contributed by atoms with Crippen LogP contribution in [-0.2, 0) is 11.3 Å². The molecule has 0 heterocycles. The first-order valence-corrected chi connectivity index (χ1v) is 10.8. The Kier molecular flexibility index (Phi) is 11.8. The average molecular weight is 504 g/mol. The first kappa shape index (κ1) is 24.1. The molecule has 5 nitrogen and oxygen atoms in total. The first-order chi connectivity index (χ1) is 12.6. The van der Waals surface area contributed by atoms with E-state index >= 15 is 0 Å². The van der Waals surface area contributed by atoms with Gasteiger partial charge in [-0.05, 0) is 50.1 Å². The van der Waals surface area contributed by atoms with Gasteiger partial charge < -0.3 is 16.0 Å². The van der Waals surface area contributed by atoms with Gasteiger partial charge in [-0.2, -0.15) is 0 Å². The smallest absolute Gasteiger partial charge is 0.221 e. The lowest BCUT2D eigenvalue weighted by atomic mass is 10.1. The summed E-state index contributed by atoms with van der Waals surface area (Å²) in [6, 6.07) is 6.85. The van der Waals surface area contributed by atoms with Gasteiger partial charge in [-0.25, -0.2) is 4.99 Å². The Morgan fingerprint density at radius 1 is 1.26 bits per heavy atom. The van der Waals surface area contributed by atoms with Crippen LogP contribution in [0.1, 0.15) is 50.2 Å². The number of rotatable bonds is 8. The van der Waals surface area contributed by atoms with Crippen LogP contribution in [-0.4, -0.2) is 37.3 Å². The largest absolute Gasteiger partial charge is 0.357 e. The predicted molar refractivity (Wildman–Crippen MR) is 126 cm³/mol. The molecule has 1 amide bonds. The number of amides is 1. The number of aliphatic imine (C=N–C) groups is 1. The van der Waals surface area contributed by atoms with Gasteiger partial charge in [0, 0.05) is 30.4 Å². The Balaban J connectivity index is 0.00000364. The van der Waals surface area contributed by atoms with Crippen LogP contribution in [0.4, 0.5) is 0 Å². The summed E-state index contributed by atoms with van der Waals surface area (Å²) in [5, 5.41) is 9.64. The summed E-state index contributed by atoms with van der Waals surface area (Å²) in [5.41, 5.74) is 2.49. The van der Waals surface area contributed by atoms with Crippen molar-refractivity contribution in [2.24, 2.45) is 4.99 Å². The number of hydrogen-bond donors (Lipinski definition) is 3. The highest BCUT2D eigenvalue weighted by Gasteiger charge is 2.16. The lowest BCUT2D eigenvalue weighted by Crippen LogP contribution is -2.40. The molecule has 3 N–H and O–H groups in total. The number of carbonyl (C=O) groups excluding carboxylic acids is 1. The summed E-state index contributed by atoms with van der Waals surface area (Å²) in [6.07, 6.45) is 7.28. The number of nitrogens with one attached hydrogen (secondary N) is 3. The molecule has 0 aliphatic heterocycles. The van der Waals surface area contributed by atoms with Crippen LogP contribution in [0.2, 0.25) is 0 Å². The van der Waals surface area contributed by atoms with Crippen molar-refractivity contribution in [3.63, 3.8) is 0 Å². The van der Waals surface area contributed by atoms with Gasteiger partial charge in [-0.1, -0.05) is 25.0 Å². The van der Waals surface area contributed by atoms with Crippen LogP contribution in [0.5, 0.6) is 0 Å². The molecule has 1 aliphatic rings. The minimum atomic E-state index is 0. The number of guanidine groups is 1. The molecule has 7 heteroatoms. The van der Waals surface area contributed by atoms with Crippen molar-refractivity contribution in [1.29, 1.82) is 0 Å². The molecule has 152 valence electrons. The van der Waals surface area contributed by atoms with E-state index in [9.17, 15) is 4.79 Å². The molecular weight excluding hydrogens is 471 g/mol. The van der Waals surface area contributed by atoms with E-state index in [2.05, 4.69) is 52.3 Å². The summed E-state index contributed by atoms with van der Waals surface area (Å²) in [4.78, 5) is 18.0. The number of carbonyl (C=O) groups is 1. The van der Waals surface area contributed by atoms with Crippen molar-refractivity contribution in [2.45, 2.75) is 63.4 Å². The lowest BCUT2D eigenvalue weighted by molar-refractivity contribution is -0.121. The maximum Gasteiger partial charge on any atom is 0.221 e. The molecular formula is C20H33IN4OS. The summed E-state index contributed by atoms with van der Waals surface area (Å²) >= 11 is 1.75. The maximum absolute atomic E-state index is 12.0. The fourth-order valence-electron chi connectivity index (χ4n) is 3.15. The Hall–Kier alpha value is -0.960. The minimum Gasteiger partial charge on any atom is -0.357 e. The van der Waals surface area contributed by atoms with Crippen molar-refractivity contribution in [3.05, 3.63) is 29.3 Å². The van der Waals surface area contributed by atoms with Crippen molar-refractivity contribution in [1.82, 2.24) is 16.0 Å². The molecule has 0 atom stereocenters. The minimum absolute atomic E-state index is 0. The Morgan fingerprint density at radius 2 is 2.00 bits per heavy atom. The summed E-state index contributed by atoms with van der Waals surface area (Å²) in [7, 11) is 0. The van der Waals surface area contributed by atoms with Gasteiger partial charge in [0.1, 0.15) is 0 Å². The first-order valence-electron chi connectivity index (χ1n) is 9.57. The van der Waals surface area contributed by atoms with E-state index in [4.69, 9.17) is 0 Å². The van der Waals surface area contributed by atoms with Crippen LogP contribution >= 0.6 is 35.7 Å². The van der Waals surface area contributed by atoms with E-state index < -0.39 is 0 Å². The molecule has 27 heavy (non-hydrogen) atoms. The van der Waals surface area contributed by atoms with Crippen LogP contribution in [0.25, 0.3) is 0 Å². The number of thioether (sulfide) groups is 1. The molecule has 1 aromatic rings. The van der Waals surface area contributed by atoms with E-state index in [1.165, 1.54) is 28.9 Å². The van der Waals surface area contributed by atoms with Crippen molar-refractivity contribution >= 4 is 47.6 Å². The zero-order chi connectivity index (χ0) is 18.8. The molecule has 1 aromatic carbocycles. The summed E-state index contributed by atoms with van der Waals surface area (Å²) in [5.74, 6) is 0.886. The standard InChI is InChI=1S/C20H32N4OS.HI/c1-4-21-20(22-12-11-19(25)24-17-7-5-6-8-17)23-14-16-10-9-15(2)13-18(16)26-3;/h9-10,13,17H,4-8,11-12,14H2,1-3H3,(H,24,25)(H2,21,22,23);1H. The van der Waals surface area contributed by atoms with Gasteiger partial charge in [0.25, 0.3) is 0 Å². The third kappa shape index (κ3) is 8.72. The number of benzene rings is 1. The van der Waals surface area contributed by atoms with E-state index in [1.807, 2.05) is 6.92 Å². The van der Waals surface area contributed by atoms with Gasteiger partial charge in [-0.15, -0.1) is 35.7 Å². The molecule has 1 fully saturated rings. The summed E-state index contributed by atoms with van der Waals surface area (Å²) in [6.45, 7) is 6.16. The molecule has 0 spiro atoms. The van der Waals surface area contributed by atoms with Crippen molar-refractivity contribution < 1.29 is 4.79 Å². The Labute approximate surface area is 185 Å². The number of halogens is 1. The van der Waals surface area contributed by atoms with Crippen LogP contribution < -0.4 is 16.0 Å². The maximum atomic E-state index is 12.0. The third-order valence-corrected chi connectivity index (χ3v) is 5.38. The van der Waals surface area contributed by atoms with Crippen LogP contribution in [0.3, 0.4) is 0 Å². The van der Waals surface area contributed by atoms with Gasteiger partial charge in [0.05, 0.1) is 6.54 Å². The second-order valence-electron chi connectivity index (χ2n) is 6.74. The van der Waals surface area contributed by atoms with Crippen LogP contribution in [0, 0.1) is 6.92 Å². The van der Waals surface area contributed by atoms with Gasteiger partial charge in [-0.3, -0.25) is 4.79 Å². The highest BCUT2D eigenvalue weighted by molar-refractivity contribution is 14.0.